The van der Waals surface area contributed by atoms with Crippen LogP contribution in [0, 0.1) is 13.8 Å². The zero-order valence-corrected chi connectivity index (χ0v) is 12.5. The summed E-state index contributed by atoms with van der Waals surface area (Å²) in [4.78, 5) is 10.2. The van der Waals surface area contributed by atoms with Gasteiger partial charge in [-0.1, -0.05) is 0 Å². The summed E-state index contributed by atoms with van der Waals surface area (Å²) in [5, 5.41) is 0.796. The lowest BCUT2D eigenvalue weighted by Gasteiger charge is -2.09. The third kappa shape index (κ3) is 2.64. The third-order valence-electron chi connectivity index (χ3n) is 3.33. The van der Waals surface area contributed by atoms with Crippen molar-refractivity contribution in [2.45, 2.75) is 20.0 Å². The molecule has 0 atom stereocenters. The van der Waals surface area contributed by atoms with Gasteiger partial charge in [0.1, 0.15) is 16.9 Å². The van der Waals surface area contributed by atoms with Gasteiger partial charge >= 0.3 is 6.18 Å². The van der Waals surface area contributed by atoms with Crippen molar-refractivity contribution in [2.24, 2.45) is 0 Å². The predicted molar refractivity (Wildman–Crippen MR) is 78.4 cm³/mol. The normalized spacial score (nSPS) is 11.9. The Balaban J connectivity index is 1.97. The minimum Gasteiger partial charge on any atom is -0.438 e. The molecule has 0 N–H and O–H groups in total. The first-order chi connectivity index (χ1) is 10.4. The van der Waals surface area contributed by atoms with Crippen molar-refractivity contribution < 1.29 is 17.9 Å². The molecular weight excluding hydrogens is 313 g/mol. The number of thiophene rings is 1. The van der Waals surface area contributed by atoms with Crippen LogP contribution in [-0.4, -0.2) is 9.97 Å². The Bertz CT molecular complexity index is 825. The molecule has 0 aliphatic heterocycles. The fourth-order valence-corrected chi connectivity index (χ4v) is 3.04. The van der Waals surface area contributed by atoms with Gasteiger partial charge in [-0.2, -0.15) is 13.2 Å². The summed E-state index contributed by atoms with van der Waals surface area (Å²) in [7, 11) is 0. The molecule has 2 aromatic heterocycles. The molecule has 3 aromatic rings. The van der Waals surface area contributed by atoms with Crippen LogP contribution >= 0.6 is 11.3 Å². The summed E-state index contributed by atoms with van der Waals surface area (Å²) in [6.07, 6.45) is -2.97. The molecule has 0 saturated heterocycles. The number of aryl methyl sites for hydroxylation is 2. The Morgan fingerprint density at radius 2 is 1.73 bits per heavy atom. The van der Waals surface area contributed by atoms with Gasteiger partial charge in [0.15, 0.2) is 0 Å². The van der Waals surface area contributed by atoms with Gasteiger partial charge in [0.2, 0.25) is 5.88 Å². The number of hydrogen-bond acceptors (Lipinski definition) is 4. The van der Waals surface area contributed by atoms with E-state index in [1.807, 2.05) is 13.8 Å². The largest absolute Gasteiger partial charge is 0.438 e. The Kier molecular flexibility index (Phi) is 3.52. The van der Waals surface area contributed by atoms with E-state index in [1.165, 1.54) is 29.8 Å². The molecule has 1 aromatic carbocycles. The van der Waals surface area contributed by atoms with Crippen LogP contribution in [0.1, 0.15) is 16.0 Å². The van der Waals surface area contributed by atoms with Crippen molar-refractivity contribution in [3.8, 4) is 11.6 Å². The smallest absolute Gasteiger partial charge is 0.416 e. The van der Waals surface area contributed by atoms with Gasteiger partial charge in [0, 0.05) is 4.88 Å². The number of ether oxygens (including phenoxy) is 1. The van der Waals surface area contributed by atoms with Crippen LogP contribution in [0.15, 0.2) is 30.6 Å². The molecule has 0 unspecified atom stereocenters. The molecule has 0 spiro atoms. The lowest BCUT2D eigenvalue weighted by Crippen LogP contribution is -2.04. The van der Waals surface area contributed by atoms with Crippen molar-refractivity contribution in [1.82, 2.24) is 9.97 Å². The zero-order valence-electron chi connectivity index (χ0n) is 11.7. The van der Waals surface area contributed by atoms with E-state index in [0.717, 1.165) is 32.8 Å². The summed E-state index contributed by atoms with van der Waals surface area (Å²) in [5.74, 6) is 0.655. The van der Waals surface area contributed by atoms with Crippen molar-refractivity contribution in [2.75, 3.05) is 0 Å². The fraction of sp³-hybridized carbons (Fsp3) is 0.200. The van der Waals surface area contributed by atoms with Crippen molar-refractivity contribution in [3.05, 3.63) is 46.6 Å². The minimum absolute atomic E-state index is 0.302. The molecule has 3 nitrogen and oxygen atoms in total. The Morgan fingerprint density at radius 1 is 1.05 bits per heavy atom. The predicted octanol–water partition coefficient (Wildman–Crippen LogP) is 5.12. The summed E-state index contributed by atoms with van der Waals surface area (Å²) in [5.41, 5.74) is 0.303. The molecule has 0 aliphatic rings. The first kappa shape index (κ1) is 14.8. The molecule has 114 valence electrons. The highest BCUT2D eigenvalue weighted by molar-refractivity contribution is 7.18. The third-order valence-corrected chi connectivity index (χ3v) is 4.44. The van der Waals surface area contributed by atoms with E-state index in [1.54, 1.807) is 0 Å². The topological polar surface area (TPSA) is 35.0 Å². The average molecular weight is 324 g/mol. The Hall–Kier alpha value is -2.15. The highest BCUT2D eigenvalue weighted by Gasteiger charge is 2.30. The van der Waals surface area contributed by atoms with Crippen LogP contribution in [0.25, 0.3) is 10.2 Å². The molecule has 0 saturated carbocycles. The number of fused-ring (bicyclic) bond motifs is 1. The monoisotopic (exact) mass is 324 g/mol. The quantitative estimate of drug-likeness (QED) is 0.656. The SMILES string of the molecule is Cc1sc2ncnc(Oc3ccc(C(F)(F)F)cc3)c2c1C. The number of hydrogen-bond donors (Lipinski definition) is 0. The molecule has 22 heavy (non-hydrogen) atoms. The standard InChI is InChI=1S/C15H11F3N2OS/c1-8-9(2)22-14-12(8)13(19-7-20-14)21-11-5-3-10(4-6-11)15(16,17)18/h3-7H,1-2H3. The molecule has 0 bridgehead atoms. The van der Waals surface area contributed by atoms with E-state index in [4.69, 9.17) is 4.74 Å². The second-order valence-electron chi connectivity index (χ2n) is 4.77. The minimum atomic E-state index is -4.36. The second kappa shape index (κ2) is 5.24. The van der Waals surface area contributed by atoms with E-state index < -0.39 is 11.7 Å². The van der Waals surface area contributed by atoms with E-state index >= 15 is 0 Å². The molecule has 0 aliphatic carbocycles. The Labute approximate surface area is 128 Å². The molecule has 0 amide bonds. The summed E-state index contributed by atoms with van der Waals surface area (Å²) in [6.45, 7) is 3.92. The maximum atomic E-state index is 12.6. The molecule has 3 rings (SSSR count). The molecule has 7 heteroatoms. The summed E-state index contributed by atoms with van der Waals surface area (Å²) in [6, 6.07) is 4.54. The van der Waals surface area contributed by atoms with Gasteiger partial charge in [0.25, 0.3) is 0 Å². The maximum absolute atomic E-state index is 12.6. The number of rotatable bonds is 2. The van der Waals surface area contributed by atoms with Crippen LogP contribution in [0.4, 0.5) is 13.2 Å². The number of halogens is 3. The van der Waals surface area contributed by atoms with Crippen LogP contribution in [0.2, 0.25) is 0 Å². The summed E-state index contributed by atoms with van der Waals surface area (Å²) >= 11 is 1.53. The van der Waals surface area contributed by atoms with Crippen molar-refractivity contribution in [1.29, 1.82) is 0 Å². The van der Waals surface area contributed by atoms with Crippen LogP contribution in [-0.2, 0) is 6.18 Å². The molecule has 0 radical (unpaired) electrons. The van der Waals surface area contributed by atoms with Crippen molar-refractivity contribution in [3.63, 3.8) is 0 Å². The van der Waals surface area contributed by atoms with E-state index in [9.17, 15) is 13.2 Å². The number of nitrogens with zero attached hydrogens (tertiary/aromatic N) is 2. The van der Waals surface area contributed by atoms with Crippen molar-refractivity contribution >= 4 is 21.6 Å². The number of alkyl halides is 3. The van der Waals surface area contributed by atoms with Gasteiger partial charge in [-0.05, 0) is 43.7 Å². The first-order valence-electron chi connectivity index (χ1n) is 6.42. The van der Waals surface area contributed by atoms with Crippen LogP contribution < -0.4 is 4.74 Å². The molecule has 2 heterocycles. The summed E-state index contributed by atoms with van der Waals surface area (Å²) < 4.78 is 43.3. The lowest BCUT2D eigenvalue weighted by molar-refractivity contribution is -0.137. The van der Waals surface area contributed by atoms with E-state index in [0.29, 0.717) is 11.6 Å². The van der Waals surface area contributed by atoms with Gasteiger partial charge < -0.3 is 4.74 Å². The lowest BCUT2D eigenvalue weighted by atomic mass is 10.2. The zero-order chi connectivity index (χ0) is 15.9. The van der Waals surface area contributed by atoms with E-state index in [-0.39, 0.29) is 0 Å². The fourth-order valence-electron chi connectivity index (χ4n) is 2.05. The van der Waals surface area contributed by atoms with Gasteiger partial charge in [-0.25, -0.2) is 9.97 Å². The maximum Gasteiger partial charge on any atom is 0.416 e. The number of aromatic nitrogens is 2. The molecular formula is C15H11F3N2OS. The highest BCUT2D eigenvalue weighted by atomic mass is 32.1. The van der Waals surface area contributed by atoms with Gasteiger partial charge in [-0.15, -0.1) is 11.3 Å². The molecule has 0 fully saturated rings. The van der Waals surface area contributed by atoms with Crippen LogP contribution in [0.5, 0.6) is 11.6 Å². The number of benzene rings is 1. The van der Waals surface area contributed by atoms with E-state index in [2.05, 4.69) is 9.97 Å². The second-order valence-corrected chi connectivity index (χ2v) is 5.97. The average Bonchev–Trinajstić information content (AvgIpc) is 2.75. The van der Waals surface area contributed by atoms with Crippen LogP contribution in [0.3, 0.4) is 0 Å². The van der Waals surface area contributed by atoms with Gasteiger partial charge in [0.05, 0.1) is 10.9 Å². The first-order valence-corrected chi connectivity index (χ1v) is 7.23. The van der Waals surface area contributed by atoms with Gasteiger partial charge in [-0.3, -0.25) is 0 Å². The Morgan fingerprint density at radius 3 is 2.36 bits per heavy atom. The highest BCUT2D eigenvalue weighted by Crippen LogP contribution is 2.36.